The molecule has 2 aromatic rings. The zero-order valence-corrected chi connectivity index (χ0v) is 12.1. The highest BCUT2D eigenvalue weighted by Gasteiger charge is 2.19. The van der Waals surface area contributed by atoms with Gasteiger partial charge >= 0.3 is 5.97 Å². The number of benzene rings is 1. The van der Waals surface area contributed by atoms with Gasteiger partial charge in [-0.3, -0.25) is 0 Å². The van der Waals surface area contributed by atoms with Crippen molar-refractivity contribution in [2.75, 3.05) is 13.7 Å². The van der Waals surface area contributed by atoms with Crippen molar-refractivity contribution in [1.29, 1.82) is 0 Å². The number of ether oxygens (including phenoxy) is 1. The average Bonchev–Trinajstić information content (AvgIpc) is 2.73. The third-order valence-electron chi connectivity index (χ3n) is 3.47. The Bertz CT molecular complexity index is 613. The fourth-order valence-electron chi connectivity index (χ4n) is 2.68. The van der Waals surface area contributed by atoms with Crippen LogP contribution in [0.1, 0.15) is 42.0 Å². The van der Waals surface area contributed by atoms with Crippen LogP contribution in [-0.4, -0.2) is 34.3 Å². The highest BCUT2D eigenvalue weighted by molar-refractivity contribution is 6.01. The Hall–Kier alpha value is -1.88. The lowest BCUT2D eigenvalue weighted by atomic mass is 10.1. The molecule has 2 rings (SSSR count). The van der Waals surface area contributed by atoms with Crippen LogP contribution < -0.4 is 0 Å². The molecule has 1 atom stereocenters. The molecule has 0 aliphatic rings. The van der Waals surface area contributed by atoms with Crippen LogP contribution in [0.2, 0.25) is 0 Å². The fourth-order valence-corrected chi connectivity index (χ4v) is 2.68. The molecule has 1 unspecified atom stereocenters. The molecule has 0 spiro atoms. The quantitative estimate of drug-likeness (QED) is 0.880. The summed E-state index contributed by atoms with van der Waals surface area (Å²) in [4.78, 5) is 15.7. The van der Waals surface area contributed by atoms with Crippen LogP contribution in [0, 0.1) is 6.92 Å². The summed E-state index contributed by atoms with van der Waals surface area (Å²) < 4.78 is 7.39. The zero-order valence-electron chi connectivity index (χ0n) is 12.1. The van der Waals surface area contributed by atoms with E-state index in [2.05, 4.69) is 16.5 Å². The first-order valence-electron chi connectivity index (χ1n) is 6.79. The summed E-state index contributed by atoms with van der Waals surface area (Å²) in [5.41, 5.74) is 1.66. The number of carboxylic acids is 1. The molecule has 1 aromatic carbocycles. The molecule has 0 radical (unpaired) electrons. The number of aromatic carboxylic acids is 1. The normalized spacial score (nSPS) is 12.8. The number of carbonyl (C=O) groups is 1. The van der Waals surface area contributed by atoms with Crippen LogP contribution in [0.3, 0.4) is 0 Å². The standard InChI is InChI=1S/C15H20N2O3/c1-4-6-11(9-20-3)17-10(2)16-14-12(15(18)19)7-5-8-13(14)17/h5,7-8,11H,4,6,9H2,1-3H3,(H,18,19). The van der Waals surface area contributed by atoms with Gasteiger partial charge in [0.2, 0.25) is 0 Å². The minimum atomic E-state index is -0.945. The van der Waals surface area contributed by atoms with Gasteiger partial charge in [-0.2, -0.15) is 0 Å². The number of nitrogens with zero attached hydrogens (tertiary/aromatic N) is 2. The Morgan fingerprint density at radius 2 is 2.25 bits per heavy atom. The minimum absolute atomic E-state index is 0.180. The molecule has 1 N–H and O–H groups in total. The summed E-state index contributed by atoms with van der Waals surface area (Å²) >= 11 is 0. The molecule has 108 valence electrons. The Kier molecular flexibility index (Phi) is 4.39. The van der Waals surface area contributed by atoms with E-state index < -0.39 is 5.97 Å². The Balaban J connectivity index is 2.61. The molecular weight excluding hydrogens is 256 g/mol. The molecule has 1 aromatic heterocycles. The van der Waals surface area contributed by atoms with Gasteiger partial charge in [0, 0.05) is 7.11 Å². The SMILES string of the molecule is CCCC(COC)n1c(C)nc2c(C(=O)O)cccc21. The molecule has 0 bridgehead atoms. The maximum atomic E-state index is 11.3. The van der Waals surface area contributed by atoms with Gasteiger partial charge in [-0.25, -0.2) is 9.78 Å². The molecule has 0 saturated carbocycles. The van der Waals surface area contributed by atoms with Crippen molar-refractivity contribution < 1.29 is 14.6 Å². The second kappa shape index (κ2) is 6.05. The molecule has 0 aliphatic carbocycles. The lowest BCUT2D eigenvalue weighted by Gasteiger charge is -2.19. The summed E-state index contributed by atoms with van der Waals surface area (Å²) in [5, 5.41) is 9.25. The number of aromatic nitrogens is 2. The number of para-hydroxylation sites is 1. The second-order valence-corrected chi connectivity index (χ2v) is 4.91. The molecule has 1 heterocycles. The third-order valence-corrected chi connectivity index (χ3v) is 3.47. The Morgan fingerprint density at radius 3 is 2.85 bits per heavy atom. The highest BCUT2D eigenvalue weighted by atomic mass is 16.5. The van der Waals surface area contributed by atoms with Crippen LogP contribution in [0.15, 0.2) is 18.2 Å². The summed E-state index contributed by atoms with van der Waals surface area (Å²) in [5.74, 6) is -0.122. The summed E-state index contributed by atoms with van der Waals surface area (Å²) in [6, 6.07) is 5.45. The molecule has 0 fully saturated rings. The van der Waals surface area contributed by atoms with Crippen molar-refractivity contribution in [3.05, 3.63) is 29.6 Å². The predicted octanol–water partition coefficient (Wildman–Crippen LogP) is 3.03. The molecule has 5 nitrogen and oxygen atoms in total. The lowest BCUT2D eigenvalue weighted by molar-refractivity contribution is 0.0699. The first-order valence-corrected chi connectivity index (χ1v) is 6.79. The van der Waals surface area contributed by atoms with Gasteiger partial charge in [0.25, 0.3) is 0 Å². The Morgan fingerprint density at radius 1 is 1.50 bits per heavy atom. The summed E-state index contributed by atoms with van der Waals surface area (Å²) in [6.07, 6.45) is 2.00. The predicted molar refractivity (Wildman–Crippen MR) is 77.3 cm³/mol. The maximum absolute atomic E-state index is 11.3. The minimum Gasteiger partial charge on any atom is -0.478 e. The van der Waals surface area contributed by atoms with E-state index >= 15 is 0 Å². The van der Waals surface area contributed by atoms with Crippen molar-refractivity contribution in [1.82, 2.24) is 9.55 Å². The number of hydrogen-bond acceptors (Lipinski definition) is 3. The maximum Gasteiger partial charge on any atom is 0.337 e. The van der Waals surface area contributed by atoms with Crippen molar-refractivity contribution in [2.24, 2.45) is 0 Å². The number of carboxylic acid groups (broad SMARTS) is 1. The number of methoxy groups -OCH3 is 1. The fraction of sp³-hybridized carbons (Fsp3) is 0.467. The van der Waals surface area contributed by atoms with Crippen LogP contribution in [-0.2, 0) is 4.74 Å². The van der Waals surface area contributed by atoms with Crippen LogP contribution in [0.5, 0.6) is 0 Å². The van der Waals surface area contributed by atoms with Gasteiger partial charge in [0.05, 0.1) is 23.7 Å². The first-order chi connectivity index (χ1) is 9.60. The molecule has 5 heteroatoms. The van der Waals surface area contributed by atoms with Crippen LogP contribution in [0.4, 0.5) is 0 Å². The number of imidazole rings is 1. The molecular formula is C15H20N2O3. The van der Waals surface area contributed by atoms with E-state index in [-0.39, 0.29) is 11.6 Å². The third kappa shape index (κ3) is 2.54. The van der Waals surface area contributed by atoms with Gasteiger partial charge < -0.3 is 14.4 Å². The number of rotatable bonds is 6. The topological polar surface area (TPSA) is 64.4 Å². The van der Waals surface area contributed by atoms with Crippen LogP contribution in [0.25, 0.3) is 11.0 Å². The van der Waals surface area contributed by atoms with Crippen molar-refractivity contribution in [3.63, 3.8) is 0 Å². The van der Waals surface area contributed by atoms with Gasteiger partial charge in [0.1, 0.15) is 11.3 Å². The van der Waals surface area contributed by atoms with Gasteiger partial charge in [-0.15, -0.1) is 0 Å². The second-order valence-electron chi connectivity index (χ2n) is 4.91. The van der Waals surface area contributed by atoms with Gasteiger partial charge in [-0.1, -0.05) is 19.4 Å². The zero-order chi connectivity index (χ0) is 14.7. The highest BCUT2D eigenvalue weighted by Crippen LogP contribution is 2.26. The number of aryl methyl sites for hydroxylation is 1. The van der Waals surface area contributed by atoms with E-state index in [1.807, 2.05) is 13.0 Å². The molecule has 20 heavy (non-hydrogen) atoms. The number of hydrogen-bond donors (Lipinski definition) is 1. The van der Waals surface area contributed by atoms with E-state index in [1.54, 1.807) is 19.2 Å². The smallest absolute Gasteiger partial charge is 0.337 e. The lowest BCUT2D eigenvalue weighted by Crippen LogP contribution is -2.16. The van der Waals surface area contributed by atoms with Gasteiger partial charge in [-0.05, 0) is 25.5 Å². The van der Waals surface area contributed by atoms with E-state index in [1.165, 1.54) is 0 Å². The molecule has 0 amide bonds. The van der Waals surface area contributed by atoms with Crippen LogP contribution >= 0.6 is 0 Å². The monoisotopic (exact) mass is 276 g/mol. The van der Waals surface area contributed by atoms with E-state index in [0.717, 1.165) is 24.2 Å². The molecule has 0 aliphatic heterocycles. The Labute approximate surface area is 118 Å². The van der Waals surface area contributed by atoms with Gasteiger partial charge in [0.15, 0.2) is 0 Å². The van der Waals surface area contributed by atoms with Crippen molar-refractivity contribution in [2.45, 2.75) is 32.7 Å². The molecule has 0 saturated heterocycles. The summed E-state index contributed by atoms with van der Waals surface area (Å²) in [6.45, 7) is 4.63. The van der Waals surface area contributed by atoms with Crippen molar-refractivity contribution >= 4 is 17.0 Å². The summed E-state index contributed by atoms with van der Waals surface area (Å²) in [7, 11) is 1.68. The number of fused-ring (bicyclic) bond motifs is 1. The average molecular weight is 276 g/mol. The first kappa shape index (κ1) is 14.5. The van der Waals surface area contributed by atoms with Crippen molar-refractivity contribution in [3.8, 4) is 0 Å². The van der Waals surface area contributed by atoms with E-state index in [9.17, 15) is 9.90 Å². The van der Waals surface area contributed by atoms with E-state index in [0.29, 0.717) is 12.1 Å². The largest absolute Gasteiger partial charge is 0.478 e. The van der Waals surface area contributed by atoms with E-state index in [4.69, 9.17) is 4.74 Å².